The fourth-order valence-corrected chi connectivity index (χ4v) is 5.07. The van der Waals surface area contributed by atoms with Gasteiger partial charge in [0.15, 0.2) is 0 Å². The number of nitrogens with two attached hydrogens (primary N) is 1. The number of rotatable bonds is 10. The SMILES string of the molecule is CCN1C(=O)[C@@H](CNc2ccc(CCN3CCCC3)cc2)S/C1=C(/N)C(=O)NNCC(F)(F)F. The Bertz CT molecular complexity index is 888. The first-order valence-corrected chi connectivity index (χ1v) is 12.2. The van der Waals surface area contributed by atoms with Gasteiger partial charge in [-0.25, -0.2) is 5.43 Å². The summed E-state index contributed by atoms with van der Waals surface area (Å²) in [5, 5.41) is 2.97. The van der Waals surface area contributed by atoms with Crippen LogP contribution < -0.4 is 21.9 Å². The van der Waals surface area contributed by atoms with E-state index in [9.17, 15) is 22.8 Å². The van der Waals surface area contributed by atoms with Crippen LogP contribution >= 0.6 is 11.8 Å². The molecule has 34 heavy (non-hydrogen) atoms. The predicted octanol–water partition coefficient (Wildman–Crippen LogP) is 2.01. The Labute approximate surface area is 201 Å². The zero-order chi connectivity index (χ0) is 24.7. The van der Waals surface area contributed by atoms with E-state index in [4.69, 9.17) is 5.73 Å². The molecule has 0 aliphatic carbocycles. The molecule has 2 saturated heterocycles. The van der Waals surface area contributed by atoms with Gasteiger partial charge in [-0.15, -0.1) is 0 Å². The summed E-state index contributed by atoms with van der Waals surface area (Å²) in [5.74, 6) is -1.13. The predicted molar refractivity (Wildman–Crippen MR) is 126 cm³/mol. The Hall–Kier alpha value is -2.44. The summed E-state index contributed by atoms with van der Waals surface area (Å²) in [4.78, 5) is 28.8. The van der Waals surface area contributed by atoms with Crippen molar-refractivity contribution in [2.45, 2.75) is 37.6 Å². The van der Waals surface area contributed by atoms with E-state index < -0.39 is 23.9 Å². The van der Waals surface area contributed by atoms with Gasteiger partial charge < -0.3 is 20.9 Å². The summed E-state index contributed by atoms with van der Waals surface area (Å²) in [6.07, 6.45) is -0.932. The average Bonchev–Trinajstić information content (AvgIpc) is 3.43. The van der Waals surface area contributed by atoms with Gasteiger partial charge in [0.25, 0.3) is 5.91 Å². The van der Waals surface area contributed by atoms with Crippen molar-refractivity contribution >= 4 is 29.3 Å². The molecule has 2 aliphatic heterocycles. The van der Waals surface area contributed by atoms with Crippen LogP contribution in [0.15, 0.2) is 35.0 Å². The van der Waals surface area contributed by atoms with Crippen LogP contribution in [0.1, 0.15) is 25.3 Å². The lowest BCUT2D eigenvalue weighted by Gasteiger charge is -2.17. The lowest BCUT2D eigenvalue weighted by molar-refractivity contribution is -0.131. The lowest BCUT2D eigenvalue weighted by Crippen LogP contribution is -2.45. The van der Waals surface area contributed by atoms with Crippen LogP contribution in [0.2, 0.25) is 0 Å². The van der Waals surface area contributed by atoms with Crippen molar-refractivity contribution in [2.24, 2.45) is 5.73 Å². The van der Waals surface area contributed by atoms with E-state index >= 15 is 0 Å². The molecule has 1 aromatic carbocycles. The third-order valence-electron chi connectivity index (χ3n) is 5.68. The molecule has 0 spiro atoms. The molecule has 188 valence electrons. The van der Waals surface area contributed by atoms with E-state index in [0.717, 1.165) is 30.4 Å². The number of likely N-dealkylation sites (tertiary alicyclic amines) is 1. The van der Waals surface area contributed by atoms with Crippen molar-refractivity contribution in [3.8, 4) is 0 Å². The van der Waals surface area contributed by atoms with E-state index in [0.29, 0.717) is 6.54 Å². The second-order valence-corrected chi connectivity index (χ2v) is 9.40. The minimum absolute atomic E-state index is 0.212. The largest absolute Gasteiger partial charge is 0.402 e. The number of hydrogen-bond donors (Lipinski definition) is 4. The van der Waals surface area contributed by atoms with Gasteiger partial charge in [-0.2, -0.15) is 13.2 Å². The van der Waals surface area contributed by atoms with Gasteiger partial charge in [0.1, 0.15) is 22.5 Å². The number of hydrazine groups is 1. The standard InChI is InChI=1S/C22H31F3N6O2S/c1-2-31-20(33)17(34-21(31)18(26)19(32)29-28-14-22(23,24)25)13-27-16-7-5-15(6-8-16)9-12-30-10-3-4-11-30/h5-8,17,27-28H,2-4,9-14,26H2,1H3,(H,29,32)/b21-18+/t17-/m1/s1. The summed E-state index contributed by atoms with van der Waals surface area (Å²) in [6, 6.07) is 8.10. The fraction of sp³-hybridized carbons (Fsp3) is 0.545. The van der Waals surface area contributed by atoms with Crippen LogP contribution in [-0.4, -0.2) is 72.3 Å². The zero-order valence-electron chi connectivity index (χ0n) is 19.1. The molecular weight excluding hydrogens is 469 g/mol. The van der Waals surface area contributed by atoms with Crippen molar-refractivity contribution in [3.63, 3.8) is 0 Å². The normalized spacial score (nSPS) is 20.6. The molecule has 0 aromatic heterocycles. The third-order valence-corrected chi connectivity index (χ3v) is 7.00. The summed E-state index contributed by atoms with van der Waals surface area (Å²) >= 11 is 1.12. The van der Waals surface area contributed by atoms with Gasteiger partial charge in [0, 0.05) is 25.3 Å². The number of carbonyl (C=O) groups excluding carboxylic acids is 2. The number of thioether (sulfide) groups is 1. The molecule has 2 fully saturated rings. The van der Waals surface area contributed by atoms with E-state index in [-0.39, 0.29) is 23.2 Å². The van der Waals surface area contributed by atoms with Crippen molar-refractivity contribution < 1.29 is 22.8 Å². The Morgan fingerprint density at radius 1 is 1.21 bits per heavy atom. The molecule has 0 unspecified atom stereocenters. The summed E-state index contributed by atoms with van der Waals surface area (Å²) < 4.78 is 36.8. The zero-order valence-corrected chi connectivity index (χ0v) is 19.9. The molecule has 3 rings (SSSR count). The number of amides is 2. The Balaban J connectivity index is 1.53. The Morgan fingerprint density at radius 2 is 1.88 bits per heavy atom. The molecule has 5 N–H and O–H groups in total. The highest BCUT2D eigenvalue weighted by Gasteiger charge is 2.38. The smallest absolute Gasteiger partial charge is 0.392 e. The number of halogens is 3. The molecule has 0 bridgehead atoms. The minimum Gasteiger partial charge on any atom is -0.392 e. The summed E-state index contributed by atoms with van der Waals surface area (Å²) in [5.41, 5.74) is 11.4. The number of hydrogen-bond acceptors (Lipinski definition) is 7. The van der Waals surface area contributed by atoms with E-state index in [1.165, 1.54) is 36.4 Å². The van der Waals surface area contributed by atoms with Gasteiger partial charge in [0.05, 0.1) is 0 Å². The monoisotopic (exact) mass is 500 g/mol. The molecule has 1 aromatic rings. The van der Waals surface area contributed by atoms with Crippen LogP contribution in [0.4, 0.5) is 18.9 Å². The van der Waals surface area contributed by atoms with Crippen LogP contribution in [-0.2, 0) is 16.0 Å². The third kappa shape index (κ3) is 7.28. The number of alkyl halides is 3. The molecule has 2 amide bonds. The molecular formula is C22H31F3N6O2S. The minimum atomic E-state index is -4.48. The van der Waals surface area contributed by atoms with Gasteiger partial charge in [-0.3, -0.25) is 15.0 Å². The van der Waals surface area contributed by atoms with Crippen LogP contribution in [0, 0.1) is 0 Å². The maximum atomic E-state index is 12.8. The quantitative estimate of drug-likeness (QED) is 0.288. The van der Waals surface area contributed by atoms with Gasteiger partial charge in [0.2, 0.25) is 5.91 Å². The van der Waals surface area contributed by atoms with E-state index in [1.54, 1.807) is 12.3 Å². The number of benzene rings is 1. The Kier molecular flexibility index (Phi) is 9.09. The number of nitrogens with zero attached hydrogens (tertiary/aromatic N) is 2. The molecule has 12 heteroatoms. The molecule has 8 nitrogen and oxygen atoms in total. The average molecular weight is 501 g/mol. The summed E-state index contributed by atoms with van der Waals surface area (Å²) in [6.45, 7) is 4.35. The van der Waals surface area contributed by atoms with Crippen molar-refractivity contribution in [1.29, 1.82) is 0 Å². The first-order chi connectivity index (χ1) is 16.2. The van der Waals surface area contributed by atoms with Crippen LogP contribution in [0.25, 0.3) is 0 Å². The first kappa shape index (κ1) is 26.2. The summed E-state index contributed by atoms with van der Waals surface area (Å²) in [7, 11) is 0. The second-order valence-electron chi connectivity index (χ2n) is 8.21. The fourth-order valence-electron chi connectivity index (χ4n) is 3.84. The van der Waals surface area contributed by atoms with Gasteiger partial charge in [-0.05, 0) is 57.0 Å². The molecule has 2 aliphatic rings. The van der Waals surface area contributed by atoms with Gasteiger partial charge >= 0.3 is 6.18 Å². The van der Waals surface area contributed by atoms with E-state index in [2.05, 4.69) is 22.3 Å². The first-order valence-electron chi connectivity index (χ1n) is 11.3. The van der Waals surface area contributed by atoms with Crippen molar-refractivity contribution in [3.05, 3.63) is 40.6 Å². The number of nitrogens with one attached hydrogen (secondary N) is 3. The molecule has 2 heterocycles. The van der Waals surface area contributed by atoms with Crippen LogP contribution in [0.5, 0.6) is 0 Å². The maximum Gasteiger partial charge on any atom is 0.402 e. The lowest BCUT2D eigenvalue weighted by atomic mass is 10.1. The van der Waals surface area contributed by atoms with Crippen molar-refractivity contribution in [2.75, 3.05) is 44.6 Å². The highest BCUT2D eigenvalue weighted by atomic mass is 32.2. The second kappa shape index (κ2) is 11.8. The highest BCUT2D eigenvalue weighted by Crippen LogP contribution is 2.36. The molecule has 0 saturated carbocycles. The van der Waals surface area contributed by atoms with E-state index in [1.807, 2.05) is 17.6 Å². The van der Waals surface area contributed by atoms with Crippen molar-refractivity contribution in [1.82, 2.24) is 20.7 Å². The number of carbonyl (C=O) groups is 2. The molecule has 1 atom stereocenters. The Morgan fingerprint density at radius 3 is 2.50 bits per heavy atom. The molecule has 0 radical (unpaired) electrons. The topological polar surface area (TPSA) is 103 Å². The van der Waals surface area contributed by atoms with Gasteiger partial charge in [-0.1, -0.05) is 23.9 Å². The number of anilines is 1. The van der Waals surface area contributed by atoms with Crippen LogP contribution in [0.3, 0.4) is 0 Å². The highest BCUT2D eigenvalue weighted by molar-refractivity contribution is 8.04. The maximum absolute atomic E-state index is 12.8.